The van der Waals surface area contributed by atoms with Crippen molar-refractivity contribution in [1.82, 2.24) is 0 Å². The lowest BCUT2D eigenvalue weighted by Crippen LogP contribution is -2.48. The van der Waals surface area contributed by atoms with Crippen LogP contribution in [0.4, 0.5) is 5.69 Å². The van der Waals surface area contributed by atoms with Crippen LogP contribution in [0.15, 0.2) is 17.1 Å². The van der Waals surface area contributed by atoms with Gasteiger partial charge in [-0.1, -0.05) is 0 Å². The van der Waals surface area contributed by atoms with Crippen LogP contribution in [0, 0.1) is 27.9 Å². The fraction of sp³-hybridized carbons (Fsp3) is 0.611. The first kappa shape index (κ1) is 14.7. The van der Waals surface area contributed by atoms with Gasteiger partial charge in [-0.15, -0.1) is 0 Å². The van der Waals surface area contributed by atoms with Crippen LogP contribution in [0.2, 0.25) is 0 Å². The zero-order valence-corrected chi connectivity index (χ0v) is 13.4. The average Bonchev–Trinajstić information content (AvgIpc) is 2.47. The monoisotopic (exact) mass is 314 g/mol. The number of phenols is 1. The number of rotatable bonds is 3. The molecular weight excluding hydrogens is 292 g/mol. The lowest BCUT2D eigenvalue weighted by atomic mass is 9.48. The Kier molecular flexibility index (Phi) is 3.22. The Morgan fingerprint density at radius 2 is 1.78 bits per heavy atom. The van der Waals surface area contributed by atoms with Crippen LogP contribution in [0.1, 0.15) is 49.7 Å². The van der Waals surface area contributed by atoms with Gasteiger partial charge in [0.25, 0.3) is 5.69 Å². The molecule has 0 aromatic heterocycles. The molecule has 0 amide bonds. The Morgan fingerprint density at radius 1 is 1.22 bits per heavy atom. The van der Waals surface area contributed by atoms with Gasteiger partial charge < -0.3 is 5.11 Å². The summed E-state index contributed by atoms with van der Waals surface area (Å²) in [4.78, 5) is 14.9. The molecule has 1 aromatic carbocycles. The van der Waals surface area contributed by atoms with E-state index < -0.39 is 0 Å². The highest BCUT2D eigenvalue weighted by atomic mass is 16.6. The molecule has 0 radical (unpaired) electrons. The van der Waals surface area contributed by atoms with Crippen molar-refractivity contribution in [1.29, 1.82) is 0 Å². The summed E-state index contributed by atoms with van der Waals surface area (Å²) in [6.45, 7) is 0. The SMILES string of the molecule is CN=Cc1cc([N+](=O)[O-])cc(C23CC4CC(CC(C4)C2)C3)c1O. The fourth-order valence-electron chi connectivity index (χ4n) is 5.83. The lowest BCUT2D eigenvalue weighted by Gasteiger charge is -2.57. The molecule has 4 bridgehead atoms. The van der Waals surface area contributed by atoms with Crippen molar-refractivity contribution in [3.05, 3.63) is 33.4 Å². The Balaban J connectivity index is 1.86. The van der Waals surface area contributed by atoms with Crippen molar-refractivity contribution < 1.29 is 10.0 Å². The van der Waals surface area contributed by atoms with Gasteiger partial charge >= 0.3 is 0 Å². The third-order valence-electron chi connectivity index (χ3n) is 6.21. The number of hydrogen-bond acceptors (Lipinski definition) is 4. The molecule has 5 nitrogen and oxygen atoms in total. The molecule has 23 heavy (non-hydrogen) atoms. The Bertz CT molecular complexity index is 660. The summed E-state index contributed by atoms with van der Waals surface area (Å²) >= 11 is 0. The molecule has 1 N–H and O–H groups in total. The second kappa shape index (κ2) is 5.05. The molecule has 0 heterocycles. The fourth-order valence-corrected chi connectivity index (χ4v) is 5.83. The summed E-state index contributed by atoms with van der Waals surface area (Å²) in [6, 6.07) is 3.04. The summed E-state index contributed by atoms with van der Waals surface area (Å²) in [6.07, 6.45) is 8.63. The normalized spacial score (nSPS) is 35.1. The van der Waals surface area contributed by atoms with Gasteiger partial charge in [0, 0.05) is 41.9 Å². The molecule has 0 unspecified atom stereocenters. The summed E-state index contributed by atoms with van der Waals surface area (Å²) in [7, 11) is 1.61. The summed E-state index contributed by atoms with van der Waals surface area (Å²) in [5, 5.41) is 22.1. The first-order chi connectivity index (χ1) is 11.0. The van der Waals surface area contributed by atoms with Gasteiger partial charge in [-0.3, -0.25) is 15.1 Å². The first-order valence-corrected chi connectivity index (χ1v) is 8.45. The third kappa shape index (κ3) is 2.25. The highest BCUT2D eigenvalue weighted by Gasteiger charge is 2.52. The van der Waals surface area contributed by atoms with E-state index in [1.165, 1.54) is 31.5 Å². The van der Waals surface area contributed by atoms with Crippen molar-refractivity contribution in [2.75, 3.05) is 7.05 Å². The predicted molar refractivity (Wildman–Crippen MR) is 88.1 cm³/mol. The number of aromatic hydroxyl groups is 1. The van der Waals surface area contributed by atoms with Gasteiger partial charge in [-0.2, -0.15) is 0 Å². The summed E-state index contributed by atoms with van der Waals surface area (Å²) < 4.78 is 0. The van der Waals surface area contributed by atoms with E-state index in [1.54, 1.807) is 13.1 Å². The zero-order valence-electron chi connectivity index (χ0n) is 13.4. The van der Waals surface area contributed by atoms with Gasteiger partial charge in [0.15, 0.2) is 0 Å². The van der Waals surface area contributed by atoms with Gasteiger partial charge in [0.1, 0.15) is 5.75 Å². The molecule has 0 saturated heterocycles. The number of aliphatic imine (C=N–C) groups is 1. The highest BCUT2D eigenvalue weighted by molar-refractivity contribution is 5.85. The van der Waals surface area contributed by atoms with Crippen molar-refractivity contribution in [2.45, 2.75) is 43.9 Å². The van der Waals surface area contributed by atoms with Crippen LogP contribution in [-0.4, -0.2) is 23.3 Å². The van der Waals surface area contributed by atoms with E-state index in [2.05, 4.69) is 4.99 Å². The smallest absolute Gasteiger partial charge is 0.270 e. The molecule has 0 spiro atoms. The van der Waals surface area contributed by atoms with Crippen LogP contribution < -0.4 is 0 Å². The molecule has 5 rings (SSSR count). The van der Waals surface area contributed by atoms with Crippen molar-refractivity contribution in [3.8, 4) is 5.75 Å². The number of nitro benzene ring substituents is 1. The molecule has 5 heteroatoms. The van der Waals surface area contributed by atoms with Crippen molar-refractivity contribution >= 4 is 11.9 Å². The summed E-state index contributed by atoms with van der Waals surface area (Å²) in [5.74, 6) is 2.37. The molecule has 4 aliphatic rings. The topological polar surface area (TPSA) is 75.7 Å². The summed E-state index contributed by atoms with van der Waals surface area (Å²) in [5.41, 5.74) is 1.25. The predicted octanol–water partition coefficient (Wildman–Crippen LogP) is 3.82. The van der Waals surface area contributed by atoms with Crippen LogP contribution in [0.3, 0.4) is 0 Å². The average molecular weight is 314 g/mol. The van der Waals surface area contributed by atoms with Crippen LogP contribution >= 0.6 is 0 Å². The maximum Gasteiger partial charge on any atom is 0.270 e. The molecule has 0 atom stereocenters. The van der Waals surface area contributed by atoms with E-state index in [0.717, 1.165) is 42.6 Å². The number of nitro groups is 1. The van der Waals surface area contributed by atoms with E-state index in [9.17, 15) is 15.2 Å². The molecule has 4 saturated carbocycles. The quantitative estimate of drug-likeness (QED) is 0.523. The Hall–Kier alpha value is -1.91. The minimum absolute atomic E-state index is 0.0587. The maximum absolute atomic E-state index is 11.3. The minimum atomic E-state index is -0.365. The third-order valence-corrected chi connectivity index (χ3v) is 6.21. The molecular formula is C18H22N2O3. The van der Waals surface area contributed by atoms with Gasteiger partial charge in [0.2, 0.25) is 0 Å². The van der Waals surface area contributed by atoms with Crippen molar-refractivity contribution in [2.24, 2.45) is 22.7 Å². The molecule has 4 fully saturated rings. The number of benzene rings is 1. The van der Waals surface area contributed by atoms with Gasteiger partial charge in [-0.05, 0) is 56.3 Å². The Morgan fingerprint density at radius 3 is 2.26 bits per heavy atom. The number of non-ortho nitro benzene ring substituents is 1. The molecule has 1 aromatic rings. The van der Waals surface area contributed by atoms with Gasteiger partial charge in [-0.25, -0.2) is 0 Å². The van der Waals surface area contributed by atoms with E-state index >= 15 is 0 Å². The minimum Gasteiger partial charge on any atom is -0.507 e. The van der Waals surface area contributed by atoms with E-state index in [4.69, 9.17) is 0 Å². The highest BCUT2D eigenvalue weighted by Crippen LogP contribution is 2.62. The number of hydrogen-bond donors (Lipinski definition) is 1. The zero-order chi connectivity index (χ0) is 16.2. The molecule has 122 valence electrons. The number of phenolic OH excluding ortho intramolecular Hbond substituents is 1. The van der Waals surface area contributed by atoms with Crippen molar-refractivity contribution in [3.63, 3.8) is 0 Å². The van der Waals surface area contributed by atoms with Crippen LogP contribution in [0.5, 0.6) is 5.75 Å². The lowest BCUT2D eigenvalue weighted by molar-refractivity contribution is -0.385. The van der Waals surface area contributed by atoms with E-state index in [1.807, 2.05) is 0 Å². The van der Waals surface area contributed by atoms with E-state index in [-0.39, 0.29) is 21.8 Å². The second-order valence-electron chi connectivity index (χ2n) is 7.77. The maximum atomic E-state index is 11.3. The first-order valence-electron chi connectivity index (χ1n) is 8.45. The van der Waals surface area contributed by atoms with E-state index in [0.29, 0.717) is 5.56 Å². The number of nitrogens with zero attached hydrogens (tertiary/aromatic N) is 2. The largest absolute Gasteiger partial charge is 0.507 e. The van der Waals surface area contributed by atoms with Crippen LogP contribution in [-0.2, 0) is 5.41 Å². The van der Waals surface area contributed by atoms with Crippen LogP contribution in [0.25, 0.3) is 0 Å². The Labute approximate surface area is 135 Å². The van der Waals surface area contributed by atoms with Gasteiger partial charge in [0.05, 0.1) is 4.92 Å². The standard InChI is InChI=1S/C18H22N2O3/c1-19-10-14-5-15(20(22)23)6-16(17(14)21)18-7-11-2-12(8-18)4-13(3-11)9-18/h5-6,10-13,21H,2-4,7-9H2,1H3. The second-order valence-corrected chi connectivity index (χ2v) is 7.77. The molecule has 4 aliphatic carbocycles. The molecule has 0 aliphatic heterocycles.